The molecule has 0 aliphatic rings. The summed E-state index contributed by atoms with van der Waals surface area (Å²) in [4.78, 5) is 11.4. The quantitative estimate of drug-likeness (QED) is 0.136. The van der Waals surface area contributed by atoms with Crippen molar-refractivity contribution < 1.29 is 19.4 Å². The molecule has 4 heteroatoms. The van der Waals surface area contributed by atoms with Crippen molar-refractivity contribution in [2.75, 3.05) is 19.8 Å². The van der Waals surface area contributed by atoms with Crippen LogP contribution in [0.25, 0.3) is 6.08 Å². The molecule has 176 valence electrons. The summed E-state index contributed by atoms with van der Waals surface area (Å²) in [6.07, 6.45) is 22.1. The van der Waals surface area contributed by atoms with Crippen molar-refractivity contribution in [2.24, 2.45) is 0 Å². The molecule has 0 aliphatic carbocycles. The Balaban J connectivity index is 1.94. The number of unbranched alkanes of at least 4 members (excludes halogenated alkanes) is 13. The minimum absolute atomic E-state index is 0.0230. The van der Waals surface area contributed by atoms with Gasteiger partial charge in [0.15, 0.2) is 0 Å². The number of rotatable bonds is 20. The zero-order valence-corrected chi connectivity index (χ0v) is 19.7. The fraction of sp³-hybridized carbons (Fsp3) is 0.667. The molecule has 0 aliphatic heterocycles. The maximum Gasteiger partial charge on any atom is 0.330 e. The molecule has 0 saturated carbocycles. The van der Waals surface area contributed by atoms with Gasteiger partial charge in [0, 0.05) is 6.08 Å². The molecule has 1 aromatic rings. The molecule has 0 atom stereocenters. The highest BCUT2D eigenvalue weighted by atomic mass is 16.5. The predicted octanol–water partition coefficient (Wildman–Crippen LogP) is 7.10. The van der Waals surface area contributed by atoms with Gasteiger partial charge < -0.3 is 14.6 Å². The summed E-state index contributed by atoms with van der Waals surface area (Å²) in [5.74, 6) is 0.405. The number of carbonyl (C=O) groups excluding carboxylic acids is 1. The summed E-state index contributed by atoms with van der Waals surface area (Å²) >= 11 is 0. The molecule has 1 aromatic carbocycles. The third-order valence-corrected chi connectivity index (χ3v) is 5.39. The molecule has 0 radical (unpaired) electrons. The topological polar surface area (TPSA) is 55.8 Å². The van der Waals surface area contributed by atoms with Gasteiger partial charge >= 0.3 is 5.97 Å². The van der Waals surface area contributed by atoms with Gasteiger partial charge in [0.1, 0.15) is 12.4 Å². The third kappa shape index (κ3) is 16.5. The fourth-order valence-corrected chi connectivity index (χ4v) is 3.52. The Labute approximate surface area is 190 Å². The van der Waals surface area contributed by atoms with Crippen LogP contribution in [0.2, 0.25) is 0 Å². The number of carbonyl (C=O) groups is 1. The van der Waals surface area contributed by atoms with Gasteiger partial charge in [0.05, 0.1) is 13.2 Å². The highest BCUT2D eigenvalue weighted by Gasteiger charge is 1.98. The van der Waals surface area contributed by atoms with Gasteiger partial charge in [-0.2, -0.15) is 0 Å². The Kier molecular flexibility index (Phi) is 17.7. The summed E-state index contributed by atoms with van der Waals surface area (Å²) in [6, 6.07) is 7.66. The summed E-state index contributed by atoms with van der Waals surface area (Å²) in [7, 11) is 0. The Morgan fingerprint density at radius 1 is 0.774 bits per heavy atom. The number of ether oxygens (including phenoxy) is 2. The van der Waals surface area contributed by atoms with Crippen molar-refractivity contribution in [1.82, 2.24) is 0 Å². The van der Waals surface area contributed by atoms with E-state index in [0.29, 0.717) is 0 Å². The number of aliphatic hydroxyl groups excluding tert-OH is 1. The van der Waals surface area contributed by atoms with Crippen molar-refractivity contribution >= 4 is 12.0 Å². The maximum absolute atomic E-state index is 11.4. The van der Waals surface area contributed by atoms with E-state index in [9.17, 15) is 4.79 Å². The first kappa shape index (κ1) is 27.2. The molecular weight excluding hydrogens is 388 g/mol. The van der Waals surface area contributed by atoms with Crippen molar-refractivity contribution in [2.45, 2.75) is 96.8 Å². The van der Waals surface area contributed by atoms with E-state index in [1.807, 2.05) is 24.3 Å². The molecule has 1 rings (SSSR count). The van der Waals surface area contributed by atoms with Crippen LogP contribution in [0.15, 0.2) is 30.3 Å². The first-order valence-corrected chi connectivity index (χ1v) is 12.4. The molecule has 1 N–H and O–H groups in total. The van der Waals surface area contributed by atoms with Gasteiger partial charge in [-0.25, -0.2) is 4.79 Å². The lowest BCUT2D eigenvalue weighted by Crippen LogP contribution is -2.04. The number of hydrogen-bond acceptors (Lipinski definition) is 4. The van der Waals surface area contributed by atoms with Crippen molar-refractivity contribution in [3.8, 4) is 5.75 Å². The van der Waals surface area contributed by atoms with Gasteiger partial charge in [-0.15, -0.1) is 0 Å². The van der Waals surface area contributed by atoms with Crippen LogP contribution >= 0.6 is 0 Å². The second-order valence-electron chi connectivity index (χ2n) is 8.24. The van der Waals surface area contributed by atoms with Gasteiger partial charge in [0.25, 0.3) is 0 Å². The molecule has 0 heterocycles. The van der Waals surface area contributed by atoms with Gasteiger partial charge in [-0.3, -0.25) is 0 Å². The van der Waals surface area contributed by atoms with E-state index in [2.05, 4.69) is 6.92 Å². The first-order chi connectivity index (χ1) is 15.3. The molecule has 4 nitrogen and oxygen atoms in total. The zero-order chi connectivity index (χ0) is 22.4. The van der Waals surface area contributed by atoms with Crippen LogP contribution in [0.5, 0.6) is 5.75 Å². The maximum atomic E-state index is 11.4. The van der Waals surface area contributed by atoms with E-state index in [1.165, 1.54) is 89.5 Å². The van der Waals surface area contributed by atoms with Gasteiger partial charge in [-0.1, -0.05) is 103 Å². The predicted molar refractivity (Wildman–Crippen MR) is 129 cm³/mol. The highest BCUT2D eigenvalue weighted by Crippen LogP contribution is 2.15. The van der Waals surface area contributed by atoms with E-state index in [4.69, 9.17) is 14.6 Å². The minimum atomic E-state index is -0.452. The van der Waals surface area contributed by atoms with Crippen molar-refractivity contribution in [3.05, 3.63) is 35.9 Å². The summed E-state index contributed by atoms with van der Waals surface area (Å²) in [6.45, 7) is 2.89. The summed E-state index contributed by atoms with van der Waals surface area (Å²) in [5, 5.41) is 8.62. The first-order valence-electron chi connectivity index (χ1n) is 12.4. The molecule has 0 amide bonds. The van der Waals surface area contributed by atoms with Gasteiger partial charge in [0.2, 0.25) is 0 Å². The van der Waals surface area contributed by atoms with Crippen LogP contribution in [-0.4, -0.2) is 30.9 Å². The third-order valence-electron chi connectivity index (χ3n) is 5.39. The van der Waals surface area contributed by atoms with Crippen LogP contribution in [-0.2, 0) is 9.53 Å². The lowest BCUT2D eigenvalue weighted by Gasteiger charge is -2.07. The van der Waals surface area contributed by atoms with Crippen LogP contribution in [0, 0.1) is 0 Å². The van der Waals surface area contributed by atoms with Crippen LogP contribution in [0.4, 0.5) is 0 Å². The monoisotopic (exact) mass is 432 g/mol. The fourth-order valence-electron chi connectivity index (χ4n) is 3.52. The van der Waals surface area contributed by atoms with E-state index in [1.54, 1.807) is 6.08 Å². The second kappa shape index (κ2) is 20.1. The highest BCUT2D eigenvalue weighted by molar-refractivity contribution is 5.87. The lowest BCUT2D eigenvalue weighted by atomic mass is 10.0. The van der Waals surface area contributed by atoms with E-state index >= 15 is 0 Å². The zero-order valence-electron chi connectivity index (χ0n) is 19.7. The van der Waals surface area contributed by atoms with Crippen molar-refractivity contribution in [1.29, 1.82) is 0 Å². The second-order valence-corrected chi connectivity index (χ2v) is 8.24. The molecule has 0 aromatic heterocycles. The lowest BCUT2D eigenvalue weighted by molar-refractivity contribution is -0.138. The Hall–Kier alpha value is -1.81. The minimum Gasteiger partial charge on any atom is -0.494 e. The largest absolute Gasteiger partial charge is 0.494 e. The molecule has 0 unspecified atom stereocenters. The Bertz CT molecular complexity index is 565. The Morgan fingerprint density at radius 3 is 1.81 bits per heavy atom. The van der Waals surface area contributed by atoms with E-state index < -0.39 is 5.97 Å². The SMILES string of the molecule is CCCCCCCCCCCCCCCCOc1ccc(/C=C/C(=O)OCCO)cc1. The van der Waals surface area contributed by atoms with Gasteiger partial charge in [-0.05, 0) is 30.2 Å². The number of esters is 1. The number of hydrogen-bond donors (Lipinski definition) is 1. The molecule has 0 spiro atoms. The average Bonchev–Trinajstić information content (AvgIpc) is 2.79. The standard InChI is InChI=1S/C27H44O4/c1-2-3-4-5-6-7-8-9-10-11-12-13-14-15-23-30-26-19-16-25(17-20-26)18-21-27(29)31-24-22-28/h16-21,28H,2-15,22-24H2,1H3/b21-18+. The molecular formula is C27H44O4. The Morgan fingerprint density at radius 2 is 1.29 bits per heavy atom. The molecule has 0 bridgehead atoms. The normalized spacial score (nSPS) is 11.2. The molecule has 31 heavy (non-hydrogen) atoms. The molecule has 0 saturated heterocycles. The smallest absolute Gasteiger partial charge is 0.330 e. The van der Waals surface area contributed by atoms with Crippen LogP contribution < -0.4 is 4.74 Å². The summed E-state index contributed by atoms with van der Waals surface area (Å²) in [5.41, 5.74) is 0.907. The van der Waals surface area contributed by atoms with Crippen LogP contribution in [0.1, 0.15) is 102 Å². The molecule has 0 fully saturated rings. The van der Waals surface area contributed by atoms with Crippen molar-refractivity contribution in [3.63, 3.8) is 0 Å². The number of aliphatic hydroxyl groups is 1. The van der Waals surface area contributed by atoms with Crippen LogP contribution in [0.3, 0.4) is 0 Å². The van der Waals surface area contributed by atoms with E-state index in [-0.39, 0.29) is 13.2 Å². The average molecular weight is 433 g/mol. The number of benzene rings is 1. The summed E-state index contributed by atoms with van der Waals surface area (Å²) < 4.78 is 10.6. The van der Waals surface area contributed by atoms with E-state index in [0.717, 1.165) is 24.3 Å².